The summed E-state index contributed by atoms with van der Waals surface area (Å²) in [6.45, 7) is 5.15. The smallest absolute Gasteiger partial charge is 0.336 e. The Balaban J connectivity index is 2.16. The molecule has 1 aromatic heterocycles. The second kappa shape index (κ2) is 8.51. The third-order valence-electron chi connectivity index (χ3n) is 4.13. The van der Waals surface area contributed by atoms with Gasteiger partial charge in [-0.1, -0.05) is 20.3 Å². The van der Waals surface area contributed by atoms with Crippen LogP contribution in [-0.2, 0) is 16.0 Å². The summed E-state index contributed by atoms with van der Waals surface area (Å²) >= 11 is 0. The summed E-state index contributed by atoms with van der Waals surface area (Å²) in [6.07, 6.45) is 1.57. The predicted molar refractivity (Wildman–Crippen MR) is 93.9 cm³/mol. The molecule has 0 aliphatic carbocycles. The van der Waals surface area contributed by atoms with Crippen molar-refractivity contribution in [3.63, 3.8) is 0 Å². The third kappa shape index (κ3) is 4.41. The molecule has 7 heteroatoms. The van der Waals surface area contributed by atoms with Gasteiger partial charge in [-0.3, -0.25) is 4.79 Å². The lowest BCUT2D eigenvalue weighted by atomic mass is 10.0. The average Bonchev–Trinajstić information content (AvgIpc) is 2.60. The number of hydrogen-bond donors (Lipinski definition) is 1. The molecular formula is C19H22NO6-. The Bertz CT molecular complexity index is 870. The fourth-order valence-electron chi connectivity index (χ4n) is 2.77. The molecule has 0 radical (unpaired) electrons. The Morgan fingerprint density at radius 1 is 1.31 bits per heavy atom. The Morgan fingerprint density at radius 2 is 2.04 bits per heavy atom. The van der Waals surface area contributed by atoms with Crippen molar-refractivity contribution < 1.29 is 23.8 Å². The zero-order chi connectivity index (χ0) is 19.3. The van der Waals surface area contributed by atoms with E-state index in [-0.39, 0.29) is 13.0 Å². The largest absolute Gasteiger partial charge is 0.548 e. The molecule has 0 saturated carbocycles. The van der Waals surface area contributed by atoms with Crippen molar-refractivity contribution in [2.45, 2.75) is 46.1 Å². The molecule has 0 saturated heterocycles. The minimum atomic E-state index is -1.32. The first-order valence-electron chi connectivity index (χ1n) is 8.56. The number of fused-ring (bicyclic) bond motifs is 1. The van der Waals surface area contributed by atoms with Gasteiger partial charge in [-0.25, -0.2) is 4.79 Å². The fourth-order valence-corrected chi connectivity index (χ4v) is 2.77. The molecule has 0 unspecified atom stereocenters. The number of benzene rings is 1. The number of carboxylic acids is 1. The van der Waals surface area contributed by atoms with Gasteiger partial charge >= 0.3 is 5.63 Å². The van der Waals surface area contributed by atoms with E-state index in [2.05, 4.69) is 5.32 Å². The number of ether oxygens (including phenoxy) is 1. The summed E-state index contributed by atoms with van der Waals surface area (Å²) in [4.78, 5) is 34.6. The molecule has 0 spiro atoms. The van der Waals surface area contributed by atoms with E-state index in [0.29, 0.717) is 29.7 Å². The van der Waals surface area contributed by atoms with E-state index in [1.807, 2.05) is 13.8 Å². The first-order valence-corrected chi connectivity index (χ1v) is 8.56. The van der Waals surface area contributed by atoms with Crippen molar-refractivity contribution in [1.29, 1.82) is 0 Å². The molecule has 0 aliphatic heterocycles. The van der Waals surface area contributed by atoms with Crippen molar-refractivity contribution >= 4 is 22.8 Å². The second-order valence-electron chi connectivity index (χ2n) is 6.03. The zero-order valence-electron chi connectivity index (χ0n) is 15.1. The lowest BCUT2D eigenvalue weighted by Gasteiger charge is -2.19. The molecule has 140 valence electrons. The molecule has 0 aliphatic rings. The van der Waals surface area contributed by atoms with Gasteiger partial charge in [0.25, 0.3) is 5.91 Å². The molecule has 1 amide bonds. The summed E-state index contributed by atoms with van der Waals surface area (Å²) in [7, 11) is 0. The maximum absolute atomic E-state index is 11.9. The summed E-state index contributed by atoms with van der Waals surface area (Å²) in [5, 5.41) is 14.2. The van der Waals surface area contributed by atoms with Crippen LogP contribution in [0.25, 0.3) is 11.0 Å². The number of nitrogens with one attached hydrogen (secondary N) is 1. The summed E-state index contributed by atoms with van der Waals surface area (Å²) in [5.74, 6) is -1.49. The first kappa shape index (κ1) is 19.5. The Morgan fingerprint density at radius 3 is 2.65 bits per heavy atom. The highest BCUT2D eigenvalue weighted by atomic mass is 16.5. The Kier molecular flexibility index (Phi) is 6.38. The Labute approximate surface area is 151 Å². The van der Waals surface area contributed by atoms with Crippen molar-refractivity contribution in [3.8, 4) is 5.75 Å². The van der Waals surface area contributed by atoms with E-state index in [1.165, 1.54) is 6.07 Å². The molecule has 1 N–H and O–H groups in total. The van der Waals surface area contributed by atoms with E-state index in [9.17, 15) is 19.5 Å². The van der Waals surface area contributed by atoms with E-state index in [0.717, 1.165) is 10.9 Å². The number of amides is 1. The molecule has 0 bridgehead atoms. The second-order valence-corrected chi connectivity index (χ2v) is 6.03. The van der Waals surface area contributed by atoms with Crippen molar-refractivity contribution in [1.82, 2.24) is 5.32 Å². The maximum Gasteiger partial charge on any atom is 0.336 e. The Hall–Kier alpha value is -2.83. The summed E-state index contributed by atoms with van der Waals surface area (Å²) < 4.78 is 10.8. The van der Waals surface area contributed by atoms with Gasteiger partial charge in [0, 0.05) is 17.0 Å². The number of hydrogen-bond acceptors (Lipinski definition) is 6. The van der Waals surface area contributed by atoms with E-state index in [4.69, 9.17) is 9.15 Å². The molecule has 2 aromatic rings. The van der Waals surface area contributed by atoms with Crippen LogP contribution in [-0.4, -0.2) is 24.5 Å². The molecule has 1 atom stereocenters. The van der Waals surface area contributed by atoms with Crippen LogP contribution in [0.5, 0.6) is 5.75 Å². The van der Waals surface area contributed by atoms with Crippen molar-refractivity contribution in [3.05, 3.63) is 39.7 Å². The highest BCUT2D eigenvalue weighted by molar-refractivity contribution is 5.86. The molecule has 26 heavy (non-hydrogen) atoms. The maximum atomic E-state index is 11.9. The highest BCUT2D eigenvalue weighted by Gasteiger charge is 2.15. The number of aliphatic carboxylic acids is 1. The lowest BCUT2D eigenvalue weighted by molar-refractivity contribution is -0.308. The van der Waals surface area contributed by atoms with Gasteiger partial charge in [0.2, 0.25) is 0 Å². The summed E-state index contributed by atoms with van der Waals surface area (Å²) in [6, 6.07) is 3.90. The van der Waals surface area contributed by atoms with E-state index in [1.54, 1.807) is 19.1 Å². The van der Waals surface area contributed by atoms with Gasteiger partial charge in [-0.2, -0.15) is 0 Å². The van der Waals surface area contributed by atoms with Crippen LogP contribution < -0.4 is 20.8 Å². The molecule has 0 fully saturated rings. The predicted octanol–water partition coefficient (Wildman–Crippen LogP) is 1.08. The van der Waals surface area contributed by atoms with Gasteiger partial charge in [0.15, 0.2) is 6.61 Å². The number of carbonyl (C=O) groups is 2. The van der Waals surface area contributed by atoms with Gasteiger partial charge in [0.05, 0.1) is 12.0 Å². The number of carboxylic acid groups (broad SMARTS) is 1. The molecule has 1 aromatic carbocycles. The van der Waals surface area contributed by atoms with Crippen molar-refractivity contribution in [2.75, 3.05) is 6.61 Å². The average molecular weight is 360 g/mol. The lowest BCUT2D eigenvalue weighted by Crippen LogP contribution is -2.49. The number of carbonyl (C=O) groups excluding carboxylic acids is 2. The van der Waals surface area contributed by atoms with E-state index < -0.39 is 23.5 Å². The van der Waals surface area contributed by atoms with Gasteiger partial charge in [-0.05, 0) is 37.5 Å². The summed E-state index contributed by atoms with van der Waals surface area (Å²) in [5.41, 5.74) is 1.46. The monoisotopic (exact) mass is 360 g/mol. The molecular weight excluding hydrogens is 338 g/mol. The highest BCUT2D eigenvalue weighted by Crippen LogP contribution is 2.28. The van der Waals surface area contributed by atoms with Crippen LogP contribution in [0.3, 0.4) is 0 Å². The van der Waals surface area contributed by atoms with E-state index >= 15 is 0 Å². The third-order valence-corrected chi connectivity index (χ3v) is 4.13. The van der Waals surface area contributed by atoms with Crippen LogP contribution in [0.4, 0.5) is 0 Å². The van der Waals surface area contributed by atoms with Gasteiger partial charge < -0.3 is 24.4 Å². The van der Waals surface area contributed by atoms with Crippen LogP contribution in [0, 0.1) is 6.92 Å². The van der Waals surface area contributed by atoms with Crippen LogP contribution in [0.2, 0.25) is 0 Å². The SMILES string of the molecule is CCC[C@H](NC(=O)COc1ccc2c(CC)cc(=O)oc2c1C)C(=O)[O-]. The van der Waals surface area contributed by atoms with Crippen molar-refractivity contribution in [2.24, 2.45) is 0 Å². The number of aryl methyl sites for hydroxylation is 2. The quantitative estimate of drug-likeness (QED) is 0.706. The molecule has 7 nitrogen and oxygen atoms in total. The minimum Gasteiger partial charge on any atom is -0.548 e. The van der Waals surface area contributed by atoms with Crippen LogP contribution >= 0.6 is 0 Å². The molecule has 1 heterocycles. The minimum absolute atomic E-state index is 0.286. The van der Waals surface area contributed by atoms with Crippen LogP contribution in [0.1, 0.15) is 37.8 Å². The topological polar surface area (TPSA) is 109 Å². The molecule has 2 rings (SSSR count). The zero-order valence-corrected chi connectivity index (χ0v) is 15.1. The standard InChI is InChI=1S/C19H23NO6/c1-4-6-14(19(23)24)20-16(21)10-25-15-8-7-13-12(5-2)9-17(22)26-18(13)11(15)3/h7-9,14H,4-6,10H2,1-3H3,(H,20,21)(H,23,24)/p-1/t14-/m0/s1. The normalized spacial score (nSPS) is 12.0. The fraction of sp³-hybridized carbons (Fsp3) is 0.421. The van der Waals surface area contributed by atoms with Gasteiger partial charge in [0.1, 0.15) is 11.3 Å². The van der Waals surface area contributed by atoms with Gasteiger partial charge in [-0.15, -0.1) is 0 Å². The number of rotatable bonds is 8. The first-order chi connectivity index (χ1) is 12.4. The van der Waals surface area contributed by atoms with Crippen LogP contribution in [0.15, 0.2) is 27.4 Å².